The molecule has 15 heteroatoms. The third kappa shape index (κ3) is 7.39. The standard InChI is InChI=1S/C24H14N4O8.2ClH.Os/c29-21(30)11-1-3-25-15(5-11)17-7-13(23(33)34)9-19(27-17)20-10-14(24(35)36)8-18(28-20)16-6-12(22(31)32)2-4-26-16;;;/h1-10H,(H,29,30)(H,31,32)(H,33,34)(H,35,36);2*1H;/q;;;+2/p-2. The Morgan fingerprint density at radius 2 is 0.769 bits per heavy atom. The molecular weight excluding hydrogens is 733 g/mol. The van der Waals surface area contributed by atoms with E-state index in [-0.39, 0.29) is 56.4 Å². The Morgan fingerprint density at radius 1 is 0.513 bits per heavy atom. The van der Waals surface area contributed by atoms with Crippen molar-refractivity contribution in [1.29, 1.82) is 0 Å². The predicted octanol–water partition coefficient (Wildman–Crippen LogP) is 4.44. The van der Waals surface area contributed by atoms with E-state index >= 15 is 0 Å². The number of aromatic carboxylic acids is 4. The normalized spacial score (nSPS) is 10.3. The van der Waals surface area contributed by atoms with Gasteiger partial charge in [-0.2, -0.15) is 0 Å². The van der Waals surface area contributed by atoms with Gasteiger partial charge in [-0.3, -0.25) is 9.97 Å². The first kappa shape index (κ1) is 29.3. The minimum atomic E-state index is -1.32. The fourth-order valence-corrected chi connectivity index (χ4v) is 3.24. The number of carboxylic acids is 4. The molecule has 0 saturated carbocycles. The number of carbonyl (C=O) groups is 4. The van der Waals surface area contributed by atoms with E-state index in [1.54, 1.807) is 0 Å². The van der Waals surface area contributed by atoms with E-state index in [1.807, 2.05) is 0 Å². The van der Waals surface area contributed by atoms with Gasteiger partial charge in [0, 0.05) is 12.4 Å². The van der Waals surface area contributed by atoms with E-state index in [0.717, 1.165) is 0 Å². The zero-order chi connectivity index (χ0) is 28.7. The third-order valence-corrected chi connectivity index (χ3v) is 4.95. The van der Waals surface area contributed by atoms with E-state index in [0.29, 0.717) is 0 Å². The first-order valence-corrected chi connectivity index (χ1v) is 16.6. The summed E-state index contributed by atoms with van der Waals surface area (Å²) >= 11 is -0.639. The van der Waals surface area contributed by atoms with Crippen LogP contribution >= 0.6 is 19.3 Å². The molecule has 0 aromatic carbocycles. The molecule has 0 aliphatic carbocycles. The van der Waals surface area contributed by atoms with Crippen molar-refractivity contribution in [3.05, 3.63) is 83.2 Å². The van der Waals surface area contributed by atoms with Gasteiger partial charge < -0.3 is 20.4 Å². The molecule has 0 unspecified atom stereocenters. The van der Waals surface area contributed by atoms with Crippen LogP contribution in [0.1, 0.15) is 41.4 Å². The molecule has 4 N–H and O–H groups in total. The fourth-order valence-electron chi connectivity index (χ4n) is 3.24. The van der Waals surface area contributed by atoms with Gasteiger partial charge in [-0.25, -0.2) is 29.1 Å². The van der Waals surface area contributed by atoms with Gasteiger partial charge >= 0.3 is 58.6 Å². The summed E-state index contributed by atoms with van der Waals surface area (Å²) in [4.78, 5) is 63.1. The number of pyridine rings is 4. The summed E-state index contributed by atoms with van der Waals surface area (Å²) in [5, 5.41) is 37.7. The molecule has 0 aliphatic rings. The number of hydrogen-bond donors (Lipinski definition) is 4. The van der Waals surface area contributed by atoms with Crippen LogP contribution in [0.3, 0.4) is 0 Å². The van der Waals surface area contributed by atoms with Crippen LogP contribution in [0, 0.1) is 0 Å². The topological polar surface area (TPSA) is 201 Å². The molecule has 0 spiro atoms. The Labute approximate surface area is 234 Å². The number of hydrogen-bond acceptors (Lipinski definition) is 8. The summed E-state index contributed by atoms with van der Waals surface area (Å²) in [6.07, 6.45) is 2.46. The monoisotopic (exact) mass is 748 g/mol. The molecule has 0 bridgehead atoms. The van der Waals surface area contributed by atoms with Crippen LogP contribution in [-0.4, -0.2) is 64.2 Å². The van der Waals surface area contributed by atoms with Crippen molar-refractivity contribution in [2.45, 2.75) is 0 Å². The van der Waals surface area contributed by atoms with Gasteiger partial charge in [0.25, 0.3) is 0 Å². The molecule has 4 heterocycles. The molecule has 0 radical (unpaired) electrons. The average molecular weight is 748 g/mol. The zero-order valence-corrected chi connectivity index (χ0v) is 23.1. The number of nitrogens with zero attached hydrogens (tertiary/aromatic N) is 4. The summed E-state index contributed by atoms with van der Waals surface area (Å²) in [5.74, 6) is -5.07. The first-order valence-electron chi connectivity index (χ1n) is 10.3. The maximum atomic E-state index is 11.8. The summed E-state index contributed by atoms with van der Waals surface area (Å²) in [6, 6.07) is 9.69. The van der Waals surface area contributed by atoms with E-state index in [1.165, 1.54) is 60.9 Å². The molecule has 4 aromatic heterocycles. The Bertz CT molecular complexity index is 1490. The molecule has 0 fully saturated rings. The summed E-state index contributed by atoms with van der Waals surface area (Å²) in [5.41, 5.74) is -0.540. The van der Waals surface area contributed by atoms with Gasteiger partial charge in [-0.15, -0.1) is 0 Å². The summed E-state index contributed by atoms with van der Waals surface area (Å²) < 4.78 is 0. The quantitative estimate of drug-likeness (QED) is 0.208. The molecule has 0 aliphatic heterocycles. The summed E-state index contributed by atoms with van der Waals surface area (Å²) in [6.45, 7) is 0. The van der Waals surface area contributed by atoms with Crippen LogP contribution in [0.2, 0.25) is 0 Å². The number of aromatic nitrogens is 4. The Hall–Kier alpha value is -4.30. The van der Waals surface area contributed by atoms with E-state index < -0.39 is 39.3 Å². The van der Waals surface area contributed by atoms with E-state index in [2.05, 4.69) is 19.9 Å². The first-order chi connectivity index (χ1) is 18.5. The van der Waals surface area contributed by atoms with Crippen LogP contribution in [-0.2, 0) is 15.4 Å². The van der Waals surface area contributed by atoms with Crippen LogP contribution in [0.5, 0.6) is 0 Å². The van der Waals surface area contributed by atoms with Crippen LogP contribution in [0.15, 0.2) is 60.9 Å². The number of rotatable bonds is 7. The molecule has 39 heavy (non-hydrogen) atoms. The van der Waals surface area contributed by atoms with Crippen LogP contribution in [0.25, 0.3) is 34.2 Å². The second-order valence-electron chi connectivity index (χ2n) is 7.38. The van der Waals surface area contributed by atoms with E-state index in [4.69, 9.17) is 19.3 Å². The molecule has 12 nitrogen and oxygen atoms in total. The van der Waals surface area contributed by atoms with Crippen molar-refractivity contribution in [3.8, 4) is 34.2 Å². The van der Waals surface area contributed by atoms with Crippen molar-refractivity contribution in [2.75, 3.05) is 0 Å². The fraction of sp³-hybridized carbons (Fsp3) is 0. The van der Waals surface area contributed by atoms with Gasteiger partial charge in [0.15, 0.2) is 0 Å². The number of halogens is 2. The zero-order valence-electron chi connectivity index (χ0n) is 19.1. The number of carboxylic acid groups (broad SMARTS) is 4. The van der Waals surface area contributed by atoms with Gasteiger partial charge in [0.05, 0.1) is 56.4 Å². The molecule has 4 aromatic rings. The van der Waals surface area contributed by atoms with Crippen molar-refractivity contribution < 1.29 is 55.0 Å². The summed E-state index contributed by atoms with van der Waals surface area (Å²) in [7, 11) is 9.81. The SMILES string of the molecule is O=C(O)c1ccnc(-c2cc(C(=O)O)cc(-c3cc(C(=O)O)cc(-c4cc(C(=O)O)ccn4)n3)n2)c1.[Cl][Os][Cl]. The van der Waals surface area contributed by atoms with Crippen molar-refractivity contribution in [1.82, 2.24) is 19.9 Å². The molecule has 0 atom stereocenters. The second kappa shape index (κ2) is 13.0. The van der Waals surface area contributed by atoms with Crippen LogP contribution in [0.4, 0.5) is 0 Å². The van der Waals surface area contributed by atoms with Gasteiger partial charge in [-0.1, -0.05) is 0 Å². The molecule has 0 saturated heterocycles. The van der Waals surface area contributed by atoms with Crippen molar-refractivity contribution in [2.24, 2.45) is 0 Å². The Balaban J connectivity index is 0.00000134. The maximum absolute atomic E-state index is 11.8. The second-order valence-corrected chi connectivity index (χ2v) is 11.1. The van der Waals surface area contributed by atoms with Crippen LogP contribution < -0.4 is 0 Å². The Kier molecular flexibility index (Phi) is 9.73. The molecule has 200 valence electrons. The third-order valence-electron chi connectivity index (χ3n) is 4.95. The Morgan fingerprint density at radius 3 is 1.05 bits per heavy atom. The van der Waals surface area contributed by atoms with Gasteiger partial charge in [-0.05, 0) is 48.5 Å². The van der Waals surface area contributed by atoms with E-state index in [9.17, 15) is 39.6 Å². The predicted molar refractivity (Wildman–Crippen MR) is 133 cm³/mol. The van der Waals surface area contributed by atoms with Crippen molar-refractivity contribution in [3.63, 3.8) is 0 Å². The van der Waals surface area contributed by atoms with Gasteiger partial charge in [0.1, 0.15) is 0 Å². The van der Waals surface area contributed by atoms with Gasteiger partial charge in [0.2, 0.25) is 0 Å². The molecular formula is C24H14Cl2N4O8Os. The average Bonchev–Trinajstić information content (AvgIpc) is 2.93. The van der Waals surface area contributed by atoms with Crippen molar-refractivity contribution >= 4 is 43.2 Å². The minimum absolute atomic E-state index is 0.0167. The molecule has 4 rings (SSSR count). The molecule has 0 amide bonds.